The number of hydrogen-bond acceptors (Lipinski definition) is 3. The van der Waals surface area contributed by atoms with E-state index in [9.17, 15) is 4.79 Å². The fourth-order valence-corrected chi connectivity index (χ4v) is 3.96. The number of fused-ring (bicyclic) bond motifs is 1. The highest BCUT2D eigenvalue weighted by Crippen LogP contribution is 2.27. The van der Waals surface area contributed by atoms with E-state index in [2.05, 4.69) is 22.8 Å². The molecule has 3 rings (SSSR count). The van der Waals surface area contributed by atoms with Gasteiger partial charge in [0.1, 0.15) is 0 Å². The summed E-state index contributed by atoms with van der Waals surface area (Å²) in [4.78, 5) is 12.0. The topological polar surface area (TPSA) is 55.1 Å². The standard InChI is InChI=1S/C16H20N2OS.ClH/c17-14-6-3-4-11(14)8-16(19)18-9-12-10-20-15-7-2-1-5-13(12)15;/h1-2,5,7,10-11,14H,3-4,6,8-9,17H2,(H,18,19);1H/t11-,14+;/m0./s1. The molecule has 0 aliphatic heterocycles. The van der Waals surface area contributed by atoms with Gasteiger partial charge in [0.25, 0.3) is 0 Å². The summed E-state index contributed by atoms with van der Waals surface area (Å²) in [5.74, 6) is 0.497. The van der Waals surface area contributed by atoms with Crippen molar-refractivity contribution in [2.75, 3.05) is 0 Å². The number of rotatable bonds is 4. The van der Waals surface area contributed by atoms with Gasteiger partial charge in [-0.1, -0.05) is 24.6 Å². The van der Waals surface area contributed by atoms with Crippen molar-refractivity contribution < 1.29 is 4.79 Å². The average Bonchev–Trinajstić information content (AvgIpc) is 3.04. The summed E-state index contributed by atoms with van der Waals surface area (Å²) in [6.45, 7) is 0.616. The molecular weight excluding hydrogens is 304 g/mol. The lowest BCUT2D eigenvalue weighted by Gasteiger charge is -2.14. The Morgan fingerprint density at radius 1 is 1.33 bits per heavy atom. The minimum Gasteiger partial charge on any atom is -0.352 e. The minimum absolute atomic E-state index is 0. The maximum absolute atomic E-state index is 12.0. The Kier molecular flexibility index (Phi) is 5.62. The molecule has 21 heavy (non-hydrogen) atoms. The maximum atomic E-state index is 12.0. The van der Waals surface area contributed by atoms with Gasteiger partial charge in [-0.3, -0.25) is 4.79 Å². The maximum Gasteiger partial charge on any atom is 0.220 e. The molecule has 1 aliphatic carbocycles. The van der Waals surface area contributed by atoms with E-state index in [0.29, 0.717) is 18.9 Å². The normalized spacial score (nSPS) is 21.2. The predicted octanol–water partition coefficient (Wildman–Crippen LogP) is 3.46. The van der Waals surface area contributed by atoms with Crippen LogP contribution in [-0.4, -0.2) is 11.9 Å². The molecule has 1 aromatic carbocycles. The van der Waals surface area contributed by atoms with E-state index in [1.54, 1.807) is 11.3 Å². The smallest absolute Gasteiger partial charge is 0.220 e. The van der Waals surface area contributed by atoms with Crippen LogP contribution in [0.4, 0.5) is 0 Å². The van der Waals surface area contributed by atoms with Crippen LogP contribution >= 0.6 is 23.7 Å². The molecule has 1 aromatic heterocycles. The monoisotopic (exact) mass is 324 g/mol. The highest BCUT2D eigenvalue weighted by atomic mass is 35.5. The Bertz CT molecular complexity index is 613. The van der Waals surface area contributed by atoms with Crippen LogP contribution < -0.4 is 11.1 Å². The van der Waals surface area contributed by atoms with Gasteiger partial charge in [0.2, 0.25) is 5.91 Å². The second kappa shape index (κ2) is 7.25. The number of thiophene rings is 1. The lowest BCUT2D eigenvalue weighted by molar-refractivity contribution is -0.122. The van der Waals surface area contributed by atoms with Crippen LogP contribution in [0.2, 0.25) is 0 Å². The van der Waals surface area contributed by atoms with E-state index < -0.39 is 0 Å². The highest BCUT2D eigenvalue weighted by molar-refractivity contribution is 7.17. The Balaban J connectivity index is 0.00000161. The van der Waals surface area contributed by atoms with Crippen molar-refractivity contribution in [1.29, 1.82) is 0 Å². The fraction of sp³-hybridized carbons (Fsp3) is 0.438. The third-order valence-electron chi connectivity index (χ3n) is 4.20. The van der Waals surface area contributed by atoms with Gasteiger partial charge in [0.05, 0.1) is 0 Å². The van der Waals surface area contributed by atoms with Crippen molar-refractivity contribution in [3.05, 3.63) is 35.2 Å². The Hall–Kier alpha value is -1.10. The third kappa shape index (κ3) is 3.76. The number of amides is 1. The van der Waals surface area contributed by atoms with Gasteiger partial charge in [-0.25, -0.2) is 0 Å². The molecule has 0 radical (unpaired) electrons. The zero-order chi connectivity index (χ0) is 13.9. The number of halogens is 1. The predicted molar refractivity (Wildman–Crippen MR) is 90.9 cm³/mol. The molecule has 1 aliphatic rings. The van der Waals surface area contributed by atoms with Crippen molar-refractivity contribution in [2.24, 2.45) is 11.7 Å². The van der Waals surface area contributed by atoms with Gasteiger partial charge in [-0.05, 0) is 41.2 Å². The van der Waals surface area contributed by atoms with Gasteiger partial charge < -0.3 is 11.1 Å². The number of carbonyl (C=O) groups is 1. The van der Waals surface area contributed by atoms with Crippen LogP contribution in [0.25, 0.3) is 10.1 Å². The summed E-state index contributed by atoms with van der Waals surface area (Å²) in [7, 11) is 0. The lowest BCUT2D eigenvalue weighted by atomic mass is 10.00. The second-order valence-electron chi connectivity index (χ2n) is 5.59. The van der Waals surface area contributed by atoms with Crippen molar-refractivity contribution in [3.8, 4) is 0 Å². The number of nitrogens with one attached hydrogen (secondary N) is 1. The molecule has 1 saturated carbocycles. The summed E-state index contributed by atoms with van der Waals surface area (Å²) in [5, 5.41) is 6.41. The van der Waals surface area contributed by atoms with Crippen molar-refractivity contribution >= 4 is 39.7 Å². The minimum atomic E-state index is 0. The van der Waals surface area contributed by atoms with E-state index >= 15 is 0 Å². The Morgan fingerprint density at radius 2 is 2.14 bits per heavy atom. The molecule has 0 bridgehead atoms. The molecular formula is C16H21ClN2OS. The fourth-order valence-electron chi connectivity index (χ4n) is 2.99. The summed E-state index contributed by atoms with van der Waals surface area (Å²) >= 11 is 1.73. The van der Waals surface area contributed by atoms with Gasteiger partial charge in [0, 0.05) is 23.7 Å². The van der Waals surface area contributed by atoms with Crippen molar-refractivity contribution in [2.45, 2.75) is 38.3 Å². The number of nitrogens with two attached hydrogens (primary N) is 1. The van der Waals surface area contributed by atoms with Crippen LogP contribution in [0.3, 0.4) is 0 Å². The number of hydrogen-bond donors (Lipinski definition) is 2. The first-order valence-corrected chi connectivity index (χ1v) is 8.09. The summed E-state index contributed by atoms with van der Waals surface area (Å²) < 4.78 is 1.27. The molecule has 1 amide bonds. The molecule has 0 saturated heterocycles. The first kappa shape index (κ1) is 16.3. The molecule has 3 N–H and O–H groups in total. The van der Waals surface area contributed by atoms with Gasteiger partial charge in [-0.2, -0.15) is 0 Å². The largest absolute Gasteiger partial charge is 0.352 e. The van der Waals surface area contributed by atoms with Gasteiger partial charge in [0.15, 0.2) is 0 Å². The molecule has 1 fully saturated rings. The summed E-state index contributed by atoms with van der Waals surface area (Å²) in [5.41, 5.74) is 7.22. The lowest BCUT2D eigenvalue weighted by Crippen LogP contribution is -2.31. The van der Waals surface area contributed by atoms with E-state index in [4.69, 9.17) is 5.73 Å². The zero-order valence-electron chi connectivity index (χ0n) is 11.9. The first-order valence-electron chi connectivity index (χ1n) is 7.21. The summed E-state index contributed by atoms with van der Waals surface area (Å²) in [6, 6.07) is 8.52. The quantitative estimate of drug-likeness (QED) is 0.905. The molecule has 114 valence electrons. The van der Waals surface area contributed by atoms with Crippen LogP contribution in [0, 0.1) is 5.92 Å². The molecule has 1 heterocycles. The van der Waals surface area contributed by atoms with Crippen molar-refractivity contribution in [1.82, 2.24) is 5.32 Å². The van der Waals surface area contributed by atoms with E-state index in [0.717, 1.165) is 19.3 Å². The average molecular weight is 325 g/mol. The van der Waals surface area contributed by atoms with Gasteiger partial charge in [-0.15, -0.1) is 23.7 Å². The molecule has 0 unspecified atom stereocenters. The van der Waals surface area contributed by atoms with Crippen LogP contribution in [0.15, 0.2) is 29.6 Å². The molecule has 2 atom stereocenters. The summed E-state index contributed by atoms with van der Waals surface area (Å²) in [6.07, 6.45) is 3.89. The molecule has 2 aromatic rings. The third-order valence-corrected chi connectivity index (χ3v) is 5.21. The van der Waals surface area contributed by atoms with E-state index in [1.165, 1.54) is 15.6 Å². The van der Waals surface area contributed by atoms with E-state index in [1.807, 2.05) is 12.1 Å². The van der Waals surface area contributed by atoms with E-state index in [-0.39, 0.29) is 24.4 Å². The SMILES string of the molecule is Cl.N[C@@H]1CCC[C@H]1CC(=O)NCc1csc2ccccc12. The molecule has 0 spiro atoms. The first-order chi connectivity index (χ1) is 9.74. The second-order valence-corrected chi connectivity index (χ2v) is 6.50. The molecule has 3 nitrogen and oxygen atoms in total. The van der Waals surface area contributed by atoms with Gasteiger partial charge >= 0.3 is 0 Å². The van der Waals surface area contributed by atoms with Crippen LogP contribution in [0.5, 0.6) is 0 Å². The van der Waals surface area contributed by atoms with Crippen LogP contribution in [0.1, 0.15) is 31.2 Å². The zero-order valence-corrected chi connectivity index (χ0v) is 13.5. The molecule has 5 heteroatoms. The Labute approximate surface area is 135 Å². The van der Waals surface area contributed by atoms with Crippen molar-refractivity contribution in [3.63, 3.8) is 0 Å². The Morgan fingerprint density at radius 3 is 2.90 bits per heavy atom. The number of carbonyl (C=O) groups excluding carboxylic acids is 1. The number of benzene rings is 1. The highest BCUT2D eigenvalue weighted by Gasteiger charge is 2.25. The van der Waals surface area contributed by atoms with Crippen LogP contribution in [-0.2, 0) is 11.3 Å².